The predicted octanol–water partition coefficient (Wildman–Crippen LogP) is 11.6. The van der Waals surface area contributed by atoms with Crippen LogP contribution < -0.4 is 4.90 Å². The molecule has 3 aliphatic heterocycles. The number of hydrogen-bond acceptors (Lipinski definition) is 4. The summed E-state index contributed by atoms with van der Waals surface area (Å²) in [6, 6.07) is 25.0. The quantitative estimate of drug-likeness (QED) is 0.210. The highest BCUT2D eigenvalue weighted by Crippen LogP contribution is 2.56. The van der Waals surface area contributed by atoms with Crippen LogP contribution in [-0.4, -0.2) is 23.5 Å². The number of nitrogens with zero attached hydrogens (tertiary/aromatic N) is 1. The molecule has 4 heterocycles. The highest BCUT2D eigenvalue weighted by Gasteiger charge is 2.42. The Bertz CT molecular complexity index is 2500. The lowest BCUT2D eigenvalue weighted by atomic mass is 9.80. The molecule has 12 rings (SSSR count). The Kier molecular flexibility index (Phi) is 6.58. The van der Waals surface area contributed by atoms with Crippen molar-refractivity contribution in [1.29, 1.82) is 0 Å². The third kappa shape index (κ3) is 4.41. The zero-order valence-electron chi connectivity index (χ0n) is 28.7. The zero-order valence-corrected chi connectivity index (χ0v) is 30.3. The summed E-state index contributed by atoms with van der Waals surface area (Å²) in [7, 11) is 0. The smallest absolute Gasteiger partial charge is 0.0868 e. The van der Waals surface area contributed by atoms with Gasteiger partial charge < -0.3 is 9.64 Å². The number of aryl methyl sites for hydroxylation is 1. The monoisotopic (exact) mass is 707 g/mol. The molecule has 0 amide bonds. The molecule has 0 radical (unpaired) electrons. The molecule has 0 bridgehead atoms. The third-order valence-electron chi connectivity index (χ3n) is 12.5. The number of fused-ring (bicyclic) bond motifs is 13. The molecule has 1 saturated heterocycles. The minimum atomic E-state index is 0.125. The minimum absolute atomic E-state index is 0.125. The first-order valence-corrected chi connectivity index (χ1v) is 20.6. The Morgan fingerprint density at radius 1 is 0.731 bits per heavy atom. The normalized spacial score (nSPS) is 30.0. The van der Waals surface area contributed by atoms with Crippen molar-refractivity contribution < 1.29 is 4.74 Å². The largest absolute Gasteiger partial charge is 0.365 e. The van der Waals surface area contributed by atoms with E-state index >= 15 is 0 Å². The molecule has 3 aromatic carbocycles. The van der Waals surface area contributed by atoms with Gasteiger partial charge in [0.15, 0.2) is 0 Å². The van der Waals surface area contributed by atoms with Gasteiger partial charge in [0.25, 0.3) is 0 Å². The van der Waals surface area contributed by atoms with Crippen LogP contribution in [0.4, 0.5) is 5.69 Å². The second-order valence-electron chi connectivity index (χ2n) is 15.2. The van der Waals surface area contributed by atoms with Gasteiger partial charge >= 0.3 is 0 Å². The fraction of sp³-hybridized carbons (Fsp3) is 0.208. The summed E-state index contributed by atoms with van der Waals surface area (Å²) in [5, 5.41) is 1.88. The van der Waals surface area contributed by atoms with Crippen LogP contribution in [0, 0.1) is 5.92 Å². The molecule has 0 spiro atoms. The first-order chi connectivity index (χ1) is 25.7. The van der Waals surface area contributed by atoms with Crippen LogP contribution in [0.25, 0.3) is 21.7 Å². The lowest BCUT2D eigenvalue weighted by molar-refractivity contribution is 0.0740. The first-order valence-electron chi connectivity index (χ1n) is 18.9. The van der Waals surface area contributed by atoms with Crippen molar-refractivity contribution >= 4 is 50.5 Å². The van der Waals surface area contributed by atoms with E-state index in [1.165, 1.54) is 65.3 Å². The topological polar surface area (TPSA) is 12.5 Å². The molecular weight excluding hydrogens is 671 g/mol. The summed E-state index contributed by atoms with van der Waals surface area (Å²) in [5.74, 6) is 1.09. The highest BCUT2D eigenvalue weighted by molar-refractivity contribution is 8.00. The molecule has 4 heteroatoms. The molecular formula is C48H37NOS2. The van der Waals surface area contributed by atoms with Gasteiger partial charge in [-0.3, -0.25) is 0 Å². The average Bonchev–Trinajstić information content (AvgIpc) is 3.96. The van der Waals surface area contributed by atoms with Crippen LogP contribution in [0.3, 0.4) is 0 Å². The second kappa shape index (κ2) is 11.4. The van der Waals surface area contributed by atoms with Crippen LogP contribution in [-0.2, 0) is 11.2 Å². The van der Waals surface area contributed by atoms with E-state index in [-0.39, 0.29) is 18.1 Å². The Labute approximate surface area is 313 Å². The van der Waals surface area contributed by atoms with E-state index in [0.29, 0.717) is 23.1 Å². The number of hydrogen-bond donors (Lipinski definition) is 0. The van der Waals surface area contributed by atoms with Gasteiger partial charge in [-0.1, -0.05) is 128 Å². The SMILES string of the molecule is C1=CC2c3ccccc3N(C3=Cc4c(sc5c6c(ccc45)SC4C=CC(C5=CCC7OC8C=CC(c9ccccc9)=CC8C7=C5)=CC64)CC3)C2C=C1. The van der Waals surface area contributed by atoms with Crippen molar-refractivity contribution in [3.63, 3.8) is 0 Å². The van der Waals surface area contributed by atoms with Crippen LogP contribution in [0.1, 0.15) is 51.8 Å². The molecule has 0 saturated carbocycles. The van der Waals surface area contributed by atoms with Crippen molar-refractivity contribution in [2.24, 2.45) is 5.92 Å². The van der Waals surface area contributed by atoms with E-state index in [0.717, 1.165) is 19.3 Å². The Hall–Kier alpha value is -4.61. The van der Waals surface area contributed by atoms with Crippen molar-refractivity contribution in [3.8, 4) is 0 Å². The van der Waals surface area contributed by atoms with E-state index in [4.69, 9.17) is 4.74 Å². The maximum absolute atomic E-state index is 6.58. The van der Waals surface area contributed by atoms with Crippen molar-refractivity contribution in [2.75, 3.05) is 4.90 Å². The van der Waals surface area contributed by atoms with Crippen LogP contribution >= 0.6 is 23.1 Å². The summed E-state index contributed by atoms with van der Waals surface area (Å²) in [6.07, 6.45) is 34.5. The summed E-state index contributed by atoms with van der Waals surface area (Å²) >= 11 is 4.11. The maximum Gasteiger partial charge on any atom is 0.0868 e. The van der Waals surface area contributed by atoms with Crippen LogP contribution in [0.5, 0.6) is 0 Å². The molecule has 252 valence electrons. The molecule has 5 aliphatic carbocycles. The van der Waals surface area contributed by atoms with Gasteiger partial charge in [-0.25, -0.2) is 0 Å². The molecule has 1 fully saturated rings. The van der Waals surface area contributed by atoms with Gasteiger partial charge in [-0.2, -0.15) is 0 Å². The van der Waals surface area contributed by atoms with Crippen LogP contribution in [0.15, 0.2) is 167 Å². The molecule has 7 atom stereocenters. The number of thioether (sulfide) groups is 1. The molecule has 2 nitrogen and oxygen atoms in total. The molecule has 4 aromatic rings. The third-order valence-corrected chi connectivity index (χ3v) is 15.2. The molecule has 8 aliphatic rings. The fourth-order valence-electron chi connectivity index (χ4n) is 10.1. The van der Waals surface area contributed by atoms with Gasteiger partial charge in [0.2, 0.25) is 0 Å². The second-order valence-corrected chi connectivity index (χ2v) is 17.6. The number of rotatable bonds is 3. The van der Waals surface area contributed by atoms with E-state index in [2.05, 4.69) is 174 Å². The van der Waals surface area contributed by atoms with Gasteiger partial charge in [0.05, 0.1) is 18.2 Å². The maximum atomic E-state index is 6.58. The van der Waals surface area contributed by atoms with E-state index in [9.17, 15) is 0 Å². The average molecular weight is 708 g/mol. The lowest BCUT2D eigenvalue weighted by Gasteiger charge is -2.32. The van der Waals surface area contributed by atoms with Gasteiger partial charge in [-0.05, 0) is 82.0 Å². The minimum Gasteiger partial charge on any atom is -0.365 e. The number of para-hydroxylation sites is 1. The van der Waals surface area contributed by atoms with E-state index in [1.54, 1.807) is 10.4 Å². The van der Waals surface area contributed by atoms with Crippen molar-refractivity contribution in [1.82, 2.24) is 0 Å². The van der Waals surface area contributed by atoms with Gasteiger partial charge in [-0.15, -0.1) is 23.1 Å². The predicted molar refractivity (Wildman–Crippen MR) is 218 cm³/mol. The zero-order chi connectivity index (χ0) is 33.9. The molecule has 7 unspecified atom stereocenters. The molecule has 52 heavy (non-hydrogen) atoms. The summed E-state index contributed by atoms with van der Waals surface area (Å²) in [6.45, 7) is 0. The Morgan fingerprint density at radius 3 is 2.56 bits per heavy atom. The first kappa shape index (κ1) is 29.9. The summed E-state index contributed by atoms with van der Waals surface area (Å²) in [5.41, 5.74) is 14.0. The number of benzene rings is 3. The van der Waals surface area contributed by atoms with Gasteiger partial charge in [0, 0.05) is 54.2 Å². The fourth-order valence-corrected chi connectivity index (χ4v) is 12.9. The summed E-state index contributed by atoms with van der Waals surface area (Å²) < 4.78 is 8.08. The Morgan fingerprint density at radius 2 is 1.60 bits per heavy atom. The molecule has 0 N–H and O–H groups in total. The number of ether oxygens (including phenoxy) is 1. The van der Waals surface area contributed by atoms with Gasteiger partial charge in [0.1, 0.15) is 0 Å². The number of allylic oxidation sites excluding steroid dienone is 10. The van der Waals surface area contributed by atoms with Crippen molar-refractivity contribution in [2.45, 2.75) is 59.5 Å². The number of thiophene rings is 1. The van der Waals surface area contributed by atoms with E-state index < -0.39 is 0 Å². The molecule has 1 aromatic heterocycles. The number of anilines is 1. The van der Waals surface area contributed by atoms with Crippen molar-refractivity contribution in [3.05, 3.63) is 189 Å². The standard InChI is InChI=1S/C48H37NOS2/c1-2-8-28(9-3-1)29-14-19-42-36(24-29)37-25-30(15-20-43(37)50-42)31-16-21-45-39(26-31)47-46(51-45)23-18-35-38-27-32(17-22-44(38)52-48(35)47)49-40-12-6-4-10-33(40)34-11-5-7-13-41(34)49/h1-16,18-19,21,23-27,33,36,39-40,42-43,45H,17,20,22H2. The lowest BCUT2D eigenvalue weighted by Crippen LogP contribution is -2.32. The van der Waals surface area contributed by atoms with E-state index in [1.807, 2.05) is 0 Å². The van der Waals surface area contributed by atoms with Crippen LogP contribution in [0.2, 0.25) is 0 Å². The highest BCUT2D eigenvalue weighted by atomic mass is 32.2. The Balaban J connectivity index is 0.890. The summed E-state index contributed by atoms with van der Waals surface area (Å²) in [4.78, 5) is 5.65.